The van der Waals surface area contributed by atoms with Crippen molar-refractivity contribution >= 4 is 23.1 Å². The molecule has 0 radical (unpaired) electrons. The van der Waals surface area contributed by atoms with Gasteiger partial charge in [0.2, 0.25) is 0 Å². The van der Waals surface area contributed by atoms with Gasteiger partial charge in [0.25, 0.3) is 11.7 Å². The second-order valence-electron chi connectivity index (χ2n) is 9.12. The number of hydrogen-bond acceptors (Lipinski definition) is 5. The second kappa shape index (κ2) is 10.3. The summed E-state index contributed by atoms with van der Waals surface area (Å²) in [5, 5.41) is 11.5. The fourth-order valence-electron chi connectivity index (χ4n) is 4.57. The lowest BCUT2D eigenvalue weighted by molar-refractivity contribution is -0.132. The van der Waals surface area contributed by atoms with Crippen molar-refractivity contribution in [2.75, 3.05) is 18.6 Å². The van der Waals surface area contributed by atoms with Crippen LogP contribution in [0.2, 0.25) is 0 Å². The molecule has 1 fully saturated rings. The minimum atomic E-state index is -0.799. The van der Waals surface area contributed by atoms with Crippen molar-refractivity contribution in [2.24, 2.45) is 0 Å². The Morgan fingerprint density at radius 2 is 1.75 bits per heavy atom. The van der Waals surface area contributed by atoms with Crippen LogP contribution in [0.4, 0.5) is 5.69 Å². The normalized spacial score (nSPS) is 17.1. The van der Waals surface area contributed by atoms with E-state index in [1.165, 1.54) is 4.90 Å². The van der Waals surface area contributed by atoms with Gasteiger partial charge in [0, 0.05) is 11.3 Å². The summed E-state index contributed by atoms with van der Waals surface area (Å²) in [7, 11) is 1.58. The predicted octanol–water partition coefficient (Wildman–Crippen LogP) is 6.15. The molecule has 0 aromatic heterocycles. The second-order valence-corrected chi connectivity index (χ2v) is 9.12. The number of aliphatic hydroxyl groups excluding tert-OH is 1. The summed E-state index contributed by atoms with van der Waals surface area (Å²) < 4.78 is 11.0. The molecule has 1 N–H and O–H groups in total. The van der Waals surface area contributed by atoms with Crippen LogP contribution in [-0.2, 0) is 9.59 Å². The van der Waals surface area contributed by atoms with Crippen LogP contribution in [-0.4, -0.2) is 30.5 Å². The van der Waals surface area contributed by atoms with Crippen LogP contribution >= 0.6 is 0 Å². The predicted molar refractivity (Wildman–Crippen MR) is 141 cm³/mol. The first kappa shape index (κ1) is 25.0. The van der Waals surface area contributed by atoms with Gasteiger partial charge < -0.3 is 14.6 Å². The highest BCUT2D eigenvalue weighted by Gasteiger charge is 2.47. The molecule has 36 heavy (non-hydrogen) atoms. The molecule has 0 spiro atoms. The van der Waals surface area contributed by atoms with Crippen molar-refractivity contribution in [3.63, 3.8) is 0 Å². The van der Waals surface area contributed by atoms with Gasteiger partial charge in [-0.1, -0.05) is 38.1 Å². The molecule has 0 saturated carbocycles. The van der Waals surface area contributed by atoms with Crippen molar-refractivity contribution in [3.05, 3.63) is 94.6 Å². The van der Waals surface area contributed by atoms with Crippen LogP contribution < -0.4 is 14.4 Å². The molecule has 1 unspecified atom stereocenters. The summed E-state index contributed by atoms with van der Waals surface area (Å²) in [5.41, 5.74) is 3.65. The third kappa shape index (κ3) is 4.59. The van der Waals surface area contributed by atoms with Crippen LogP contribution in [0.3, 0.4) is 0 Å². The molecular weight excluding hydrogens is 454 g/mol. The molecule has 1 atom stereocenters. The van der Waals surface area contributed by atoms with Crippen molar-refractivity contribution in [3.8, 4) is 11.5 Å². The van der Waals surface area contributed by atoms with E-state index in [0.717, 1.165) is 16.9 Å². The van der Waals surface area contributed by atoms with E-state index in [9.17, 15) is 14.7 Å². The van der Waals surface area contributed by atoms with Gasteiger partial charge >= 0.3 is 0 Å². The van der Waals surface area contributed by atoms with Crippen LogP contribution in [0.15, 0.2) is 72.3 Å². The summed E-state index contributed by atoms with van der Waals surface area (Å²) in [6, 6.07) is 19.1. The molecule has 0 aliphatic carbocycles. The van der Waals surface area contributed by atoms with Crippen LogP contribution in [0.25, 0.3) is 5.76 Å². The van der Waals surface area contributed by atoms with Gasteiger partial charge in [0.15, 0.2) is 0 Å². The minimum Gasteiger partial charge on any atom is -0.507 e. The van der Waals surface area contributed by atoms with E-state index in [1.807, 2.05) is 64.1 Å². The van der Waals surface area contributed by atoms with E-state index in [4.69, 9.17) is 9.47 Å². The maximum Gasteiger partial charge on any atom is 0.300 e. The molecule has 3 aromatic rings. The average molecular weight is 486 g/mol. The highest BCUT2D eigenvalue weighted by Crippen LogP contribution is 2.43. The smallest absolute Gasteiger partial charge is 0.300 e. The number of amides is 1. The number of hydrogen-bond donors (Lipinski definition) is 1. The van der Waals surface area contributed by atoms with Crippen LogP contribution in [0, 0.1) is 6.92 Å². The van der Waals surface area contributed by atoms with Gasteiger partial charge in [-0.2, -0.15) is 0 Å². The number of aryl methyl sites for hydroxylation is 1. The number of carbonyl (C=O) groups excluding carboxylic acids is 2. The summed E-state index contributed by atoms with van der Waals surface area (Å²) in [6.45, 7) is 8.44. The third-order valence-corrected chi connectivity index (χ3v) is 6.36. The molecule has 1 aliphatic rings. The zero-order chi connectivity index (χ0) is 26.0. The molecule has 1 aliphatic heterocycles. The van der Waals surface area contributed by atoms with Gasteiger partial charge in [-0.15, -0.1) is 0 Å². The van der Waals surface area contributed by atoms with Gasteiger partial charge in [0.05, 0.1) is 25.3 Å². The summed E-state index contributed by atoms with van der Waals surface area (Å²) in [5.74, 6) is -0.108. The standard InChI is InChI=1S/C30H31NO5/c1-6-36-25-15-12-21(17-24(25)18(2)3)28(32)26-27(20-10-13-23(35-5)14-11-20)31(30(34)29(26)33)22-9-7-8-19(4)16-22/h7-18,27,32H,6H2,1-5H3/b28-26-. The Labute approximate surface area is 211 Å². The number of nitrogens with zero attached hydrogens (tertiary/aromatic N) is 1. The van der Waals surface area contributed by atoms with Crippen molar-refractivity contribution in [1.82, 2.24) is 0 Å². The molecule has 4 rings (SSSR count). The number of benzene rings is 3. The quantitative estimate of drug-likeness (QED) is 0.247. The lowest BCUT2D eigenvalue weighted by Crippen LogP contribution is -2.29. The van der Waals surface area contributed by atoms with Crippen molar-refractivity contribution in [1.29, 1.82) is 0 Å². The SMILES string of the molecule is CCOc1ccc(/C(O)=C2/C(=O)C(=O)N(c3cccc(C)c3)C2c2ccc(OC)cc2)cc1C(C)C. The number of Topliss-reactive ketones (excluding diaryl/α,β-unsaturated/α-hetero) is 1. The van der Waals surface area contributed by atoms with E-state index in [0.29, 0.717) is 29.2 Å². The average Bonchev–Trinajstić information content (AvgIpc) is 3.14. The van der Waals surface area contributed by atoms with Crippen LogP contribution in [0.5, 0.6) is 11.5 Å². The zero-order valence-corrected chi connectivity index (χ0v) is 21.2. The molecule has 1 saturated heterocycles. The van der Waals surface area contributed by atoms with Gasteiger partial charge in [-0.25, -0.2) is 0 Å². The zero-order valence-electron chi connectivity index (χ0n) is 21.2. The number of methoxy groups -OCH3 is 1. The topological polar surface area (TPSA) is 76.1 Å². The number of ketones is 1. The molecule has 6 nitrogen and oxygen atoms in total. The van der Waals surface area contributed by atoms with Crippen molar-refractivity contribution < 1.29 is 24.2 Å². The molecular formula is C30H31NO5. The summed E-state index contributed by atoms with van der Waals surface area (Å²) >= 11 is 0. The number of aliphatic hydroxyl groups is 1. The Kier molecular flexibility index (Phi) is 7.15. The summed E-state index contributed by atoms with van der Waals surface area (Å²) in [6.07, 6.45) is 0. The Balaban J connectivity index is 1.93. The van der Waals surface area contributed by atoms with E-state index in [2.05, 4.69) is 0 Å². The first-order valence-corrected chi connectivity index (χ1v) is 12.1. The fraction of sp³-hybridized carbons (Fsp3) is 0.267. The highest BCUT2D eigenvalue weighted by atomic mass is 16.5. The Morgan fingerprint density at radius 3 is 2.36 bits per heavy atom. The van der Waals surface area contributed by atoms with Gasteiger partial charge in [-0.05, 0) is 78.9 Å². The maximum atomic E-state index is 13.4. The minimum absolute atomic E-state index is 0.0468. The third-order valence-electron chi connectivity index (χ3n) is 6.36. The number of ether oxygens (including phenoxy) is 2. The Morgan fingerprint density at radius 1 is 1.03 bits per heavy atom. The van der Waals surface area contributed by atoms with Gasteiger partial charge in [-0.3, -0.25) is 14.5 Å². The fourth-order valence-corrected chi connectivity index (χ4v) is 4.57. The molecule has 6 heteroatoms. The maximum absolute atomic E-state index is 13.4. The highest BCUT2D eigenvalue weighted by molar-refractivity contribution is 6.51. The van der Waals surface area contributed by atoms with E-state index < -0.39 is 17.7 Å². The van der Waals surface area contributed by atoms with E-state index in [-0.39, 0.29) is 17.3 Å². The number of rotatable bonds is 7. The monoisotopic (exact) mass is 485 g/mol. The number of carbonyl (C=O) groups is 2. The largest absolute Gasteiger partial charge is 0.507 e. The van der Waals surface area contributed by atoms with E-state index >= 15 is 0 Å². The first-order chi connectivity index (χ1) is 17.3. The molecule has 3 aromatic carbocycles. The lowest BCUT2D eigenvalue weighted by atomic mass is 9.93. The number of anilines is 1. The molecule has 1 heterocycles. The molecule has 186 valence electrons. The summed E-state index contributed by atoms with van der Waals surface area (Å²) in [4.78, 5) is 28.3. The molecule has 0 bridgehead atoms. The molecule has 1 amide bonds. The van der Waals surface area contributed by atoms with E-state index in [1.54, 1.807) is 37.4 Å². The van der Waals surface area contributed by atoms with Crippen LogP contribution in [0.1, 0.15) is 55.0 Å². The first-order valence-electron chi connectivity index (χ1n) is 12.1. The Hall–Kier alpha value is -4.06. The Bertz CT molecular complexity index is 1320. The lowest BCUT2D eigenvalue weighted by Gasteiger charge is -2.26. The van der Waals surface area contributed by atoms with Crippen molar-refractivity contribution in [2.45, 2.75) is 39.7 Å². The van der Waals surface area contributed by atoms with Gasteiger partial charge in [0.1, 0.15) is 17.3 Å².